The van der Waals surface area contributed by atoms with E-state index in [1.807, 2.05) is 0 Å². The van der Waals surface area contributed by atoms with Crippen LogP contribution in [0.15, 0.2) is 0 Å². The van der Waals surface area contributed by atoms with E-state index in [9.17, 15) is 20.1 Å². The van der Waals surface area contributed by atoms with Gasteiger partial charge in [-0.15, -0.1) is 0 Å². The molecule has 3 N–H and O–H groups in total. The second kappa shape index (κ2) is 29.7. The maximum Gasteiger partial charge on any atom is 0.224 e. The minimum absolute atomic E-state index is 0.0761. The summed E-state index contributed by atoms with van der Waals surface area (Å²) in [6, 6.07) is 0. The molecule has 44 heavy (non-hydrogen) atoms. The maximum absolute atomic E-state index is 13.3. The topological polar surface area (TPSA) is 90.2 Å². The molecule has 6 heteroatoms. The molecule has 1 aliphatic rings. The Morgan fingerprint density at radius 3 is 1.34 bits per heavy atom. The van der Waals surface area contributed by atoms with Gasteiger partial charge in [0, 0.05) is 19.4 Å². The van der Waals surface area contributed by atoms with Gasteiger partial charge in [0.2, 0.25) is 5.91 Å². The number of amides is 1. The maximum atomic E-state index is 13.3. The van der Waals surface area contributed by atoms with Crippen molar-refractivity contribution in [2.45, 2.75) is 225 Å². The number of carbonyl (C=O) groups is 1. The summed E-state index contributed by atoms with van der Waals surface area (Å²) in [6.45, 7) is 4.78. The van der Waals surface area contributed by atoms with Gasteiger partial charge in [0.1, 0.15) is 18.4 Å². The Morgan fingerprint density at radius 2 is 0.955 bits per heavy atom. The first-order chi connectivity index (χ1) is 21.5. The van der Waals surface area contributed by atoms with E-state index in [0.717, 1.165) is 25.7 Å². The number of aliphatic hydroxyl groups excluding tert-OH is 3. The van der Waals surface area contributed by atoms with Gasteiger partial charge in [-0.25, -0.2) is 0 Å². The monoisotopic (exact) mass is 626 g/mol. The van der Waals surface area contributed by atoms with Gasteiger partial charge in [-0.2, -0.15) is 0 Å². The SMILES string of the molecule is CCCCCCCCCCCCCCCCCCN(C(=O)CCCCCCCCCCCCC)[C@H]1C[C@@H](O)[C@H](O)[C@@H](CO)O1. The highest BCUT2D eigenvalue weighted by Gasteiger charge is 2.39. The third kappa shape index (κ3) is 21.2. The summed E-state index contributed by atoms with van der Waals surface area (Å²) in [5.74, 6) is 0.0761. The first-order valence-corrected chi connectivity index (χ1v) is 19.5. The molecule has 0 aromatic heterocycles. The van der Waals surface area contributed by atoms with Crippen molar-refractivity contribution in [3.8, 4) is 0 Å². The van der Waals surface area contributed by atoms with Crippen LogP contribution in [0.1, 0.15) is 200 Å². The van der Waals surface area contributed by atoms with Crippen LogP contribution in [0.3, 0.4) is 0 Å². The Hall–Kier alpha value is -0.690. The zero-order chi connectivity index (χ0) is 32.1. The largest absolute Gasteiger partial charge is 0.394 e. The van der Waals surface area contributed by atoms with Crippen molar-refractivity contribution >= 4 is 5.91 Å². The molecule has 0 aromatic rings. The van der Waals surface area contributed by atoms with Crippen LogP contribution < -0.4 is 0 Å². The van der Waals surface area contributed by atoms with Crippen molar-refractivity contribution in [2.24, 2.45) is 0 Å². The van der Waals surface area contributed by atoms with E-state index in [2.05, 4.69) is 13.8 Å². The Morgan fingerprint density at radius 1 is 0.591 bits per heavy atom. The van der Waals surface area contributed by atoms with E-state index in [0.29, 0.717) is 13.0 Å². The quantitative estimate of drug-likeness (QED) is 0.0668. The lowest BCUT2D eigenvalue weighted by Crippen LogP contribution is -2.56. The number of carbonyl (C=O) groups excluding carboxylic acids is 1. The van der Waals surface area contributed by atoms with Crippen molar-refractivity contribution < 1.29 is 24.9 Å². The third-order valence-corrected chi connectivity index (χ3v) is 9.64. The molecule has 0 aliphatic carbocycles. The fourth-order valence-electron chi connectivity index (χ4n) is 6.63. The van der Waals surface area contributed by atoms with Crippen molar-refractivity contribution in [1.29, 1.82) is 0 Å². The number of rotatable bonds is 31. The van der Waals surface area contributed by atoms with E-state index in [1.54, 1.807) is 4.90 Å². The van der Waals surface area contributed by atoms with Crippen LogP contribution in [0.5, 0.6) is 0 Å². The van der Waals surface area contributed by atoms with Gasteiger partial charge in [0.25, 0.3) is 0 Å². The molecule has 0 radical (unpaired) electrons. The van der Waals surface area contributed by atoms with E-state index >= 15 is 0 Å². The van der Waals surface area contributed by atoms with Crippen LogP contribution in [0.4, 0.5) is 0 Å². The highest BCUT2D eigenvalue weighted by Crippen LogP contribution is 2.25. The van der Waals surface area contributed by atoms with E-state index in [1.165, 1.54) is 148 Å². The lowest BCUT2D eigenvalue weighted by atomic mass is 10.00. The number of hydrogen-bond donors (Lipinski definition) is 3. The van der Waals surface area contributed by atoms with Gasteiger partial charge in [-0.3, -0.25) is 4.79 Å². The van der Waals surface area contributed by atoms with Gasteiger partial charge < -0.3 is 25.0 Å². The smallest absolute Gasteiger partial charge is 0.224 e. The Kier molecular flexibility index (Phi) is 27.9. The number of ether oxygens (including phenoxy) is 1. The lowest BCUT2D eigenvalue weighted by molar-refractivity contribution is -0.218. The number of hydrogen-bond acceptors (Lipinski definition) is 5. The average molecular weight is 626 g/mol. The summed E-state index contributed by atoms with van der Waals surface area (Å²) < 4.78 is 5.93. The molecule has 6 nitrogen and oxygen atoms in total. The molecule has 1 saturated heterocycles. The van der Waals surface area contributed by atoms with E-state index < -0.39 is 24.5 Å². The van der Waals surface area contributed by atoms with Crippen LogP contribution in [-0.2, 0) is 9.53 Å². The zero-order valence-electron chi connectivity index (χ0n) is 29.3. The molecule has 4 atom stereocenters. The van der Waals surface area contributed by atoms with Crippen LogP contribution in [0.25, 0.3) is 0 Å². The predicted molar refractivity (Wildman–Crippen MR) is 185 cm³/mol. The number of unbranched alkanes of at least 4 members (excludes halogenated alkanes) is 25. The second-order valence-electron chi connectivity index (χ2n) is 13.8. The van der Waals surface area contributed by atoms with Gasteiger partial charge in [-0.05, 0) is 12.8 Å². The predicted octanol–water partition coefficient (Wildman–Crippen LogP) is 9.61. The van der Waals surface area contributed by atoms with Crippen LogP contribution >= 0.6 is 0 Å². The summed E-state index contributed by atoms with van der Waals surface area (Å²) in [6.07, 6.45) is 31.9. The molecule has 0 bridgehead atoms. The molecule has 0 saturated carbocycles. The highest BCUT2D eigenvalue weighted by molar-refractivity contribution is 5.76. The molecular formula is C38H75NO5. The molecule has 0 unspecified atom stereocenters. The third-order valence-electron chi connectivity index (χ3n) is 9.64. The molecular weight excluding hydrogens is 550 g/mol. The number of aliphatic hydroxyl groups is 3. The van der Waals surface area contributed by atoms with Crippen LogP contribution in [-0.4, -0.2) is 63.8 Å². The molecule has 262 valence electrons. The summed E-state index contributed by atoms with van der Waals surface area (Å²) >= 11 is 0. The Bertz CT molecular complexity index is 632. The molecule has 1 amide bonds. The molecule has 1 heterocycles. The molecule has 1 aliphatic heterocycles. The molecule has 1 rings (SSSR count). The Labute approximate surface area is 273 Å². The van der Waals surface area contributed by atoms with Crippen molar-refractivity contribution in [3.63, 3.8) is 0 Å². The van der Waals surface area contributed by atoms with Crippen LogP contribution in [0, 0.1) is 0 Å². The zero-order valence-corrected chi connectivity index (χ0v) is 29.3. The first-order valence-electron chi connectivity index (χ1n) is 19.5. The second-order valence-corrected chi connectivity index (χ2v) is 13.8. The summed E-state index contributed by atoms with van der Waals surface area (Å²) in [4.78, 5) is 15.1. The fourth-order valence-corrected chi connectivity index (χ4v) is 6.63. The van der Waals surface area contributed by atoms with Gasteiger partial charge in [0.15, 0.2) is 0 Å². The summed E-state index contributed by atoms with van der Waals surface area (Å²) in [5.41, 5.74) is 0. The summed E-state index contributed by atoms with van der Waals surface area (Å²) in [5, 5.41) is 30.2. The molecule has 0 aromatic carbocycles. The standard InChI is InChI=1S/C38H75NO5/c1-3-5-7-9-11-13-15-16-17-18-19-21-23-25-27-29-31-39(37-32-34(41)38(43)35(33-40)44-37)36(42)30-28-26-24-22-20-14-12-10-8-6-4-2/h34-35,37-38,40-41,43H,3-33H2,1-2H3/t34-,35-,37-,38+/m1/s1. The fraction of sp³-hybridized carbons (Fsp3) is 0.974. The molecule has 0 spiro atoms. The van der Waals surface area contributed by atoms with Crippen molar-refractivity contribution in [2.75, 3.05) is 13.2 Å². The van der Waals surface area contributed by atoms with Crippen molar-refractivity contribution in [1.82, 2.24) is 4.90 Å². The highest BCUT2D eigenvalue weighted by atomic mass is 16.5. The first kappa shape index (κ1) is 41.3. The molecule has 1 fully saturated rings. The van der Waals surface area contributed by atoms with Gasteiger partial charge >= 0.3 is 0 Å². The van der Waals surface area contributed by atoms with E-state index in [4.69, 9.17) is 4.74 Å². The van der Waals surface area contributed by atoms with Gasteiger partial charge in [0.05, 0.1) is 12.7 Å². The number of nitrogens with zero attached hydrogens (tertiary/aromatic N) is 1. The minimum atomic E-state index is -1.12. The Balaban J connectivity index is 2.25. The average Bonchev–Trinajstić information content (AvgIpc) is 3.02. The van der Waals surface area contributed by atoms with Gasteiger partial charge in [-0.1, -0.05) is 174 Å². The normalized spacial score (nSPS) is 20.3. The lowest BCUT2D eigenvalue weighted by Gasteiger charge is -2.41. The van der Waals surface area contributed by atoms with Crippen LogP contribution in [0.2, 0.25) is 0 Å². The van der Waals surface area contributed by atoms with E-state index in [-0.39, 0.29) is 18.9 Å². The summed E-state index contributed by atoms with van der Waals surface area (Å²) in [7, 11) is 0. The van der Waals surface area contributed by atoms with Crippen molar-refractivity contribution in [3.05, 3.63) is 0 Å². The minimum Gasteiger partial charge on any atom is -0.394 e.